The molecule has 1 aliphatic carbocycles. The van der Waals surface area contributed by atoms with Crippen molar-refractivity contribution in [3.05, 3.63) is 11.3 Å². The Morgan fingerprint density at radius 3 is 2.90 bits per heavy atom. The van der Waals surface area contributed by atoms with Crippen LogP contribution in [0.25, 0.3) is 0 Å². The van der Waals surface area contributed by atoms with E-state index in [0.29, 0.717) is 5.41 Å². The van der Waals surface area contributed by atoms with Gasteiger partial charge in [0.25, 0.3) is 5.91 Å². The first-order valence-electron chi connectivity index (χ1n) is 7.75. The van der Waals surface area contributed by atoms with Gasteiger partial charge in [-0.1, -0.05) is 13.3 Å². The molecule has 5 nitrogen and oxygen atoms in total. The van der Waals surface area contributed by atoms with Gasteiger partial charge in [-0.15, -0.1) is 0 Å². The Bertz CT molecular complexity index is 511. The van der Waals surface area contributed by atoms with E-state index in [9.17, 15) is 4.79 Å². The minimum Gasteiger partial charge on any atom is -0.370 e. The van der Waals surface area contributed by atoms with Gasteiger partial charge in [-0.25, -0.2) is 4.68 Å². The molecule has 0 saturated heterocycles. The fourth-order valence-electron chi connectivity index (χ4n) is 3.32. The molecule has 1 fully saturated rings. The first-order chi connectivity index (χ1) is 9.65. The van der Waals surface area contributed by atoms with Crippen molar-refractivity contribution in [2.24, 2.45) is 5.41 Å². The minimum atomic E-state index is 0.0258. The molecular formula is C15H24N4O. The highest BCUT2D eigenvalue weighted by atomic mass is 16.1. The molecule has 0 radical (unpaired) electrons. The quantitative estimate of drug-likeness (QED) is 0.887. The molecule has 2 aliphatic rings. The predicted molar refractivity (Wildman–Crippen MR) is 79.0 cm³/mol. The van der Waals surface area contributed by atoms with Crippen molar-refractivity contribution in [1.82, 2.24) is 15.1 Å². The summed E-state index contributed by atoms with van der Waals surface area (Å²) in [5.74, 6) is 0.920. The van der Waals surface area contributed by atoms with Crippen LogP contribution in [0.5, 0.6) is 0 Å². The first-order valence-corrected chi connectivity index (χ1v) is 7.75. The molecule has 1 aliphatic heterocycles. The van der Waals surface area contributed by atoms with Crippen LogP contribution in [0.2, 0.25) is 0 Å². The highest BCUT2D eigenvalue weighted by Crippen LogP contribution is 2.43. The van der Waals surface area contributed by atoms with Gasteiger partial charge >= 0.3 is 0 Å². The number of nitrogens with zero attached hydrogens (tertiary/aromatic N) is 2. The standard InChI is InChI=1S/C15H24N4O/c1-3-15(6-4-7-15)10-17-14(20)12-11(2)18-19-9-5-8-16-13(12)19/h16H,3-10H2,1-2H3,(H,17,20). The van der Waals surface area contributed by atoms with Gasteiger partial charge in [0, 0.05) is 19.6 Å². The van der Waals surface area contributed by atoms with E-state index < -0.39 is 0 Å². The summed E-state index contributed by atoms with van der Waals surface area (Å²) in [5.41, 5.74) is 1.91. The molecule has 3 rings (SSSR count). The summed E-state index contributed by atoms with van der Waals surface area (Å²) in [6.07, 6.45) is 6.00. The van der Waals surface area contributed by atoms with Gasteiger partial charge in [0.15, 0.2) is 0 Å². The van der Waals surface area contributed by atoms with Gasteiger partial charge in [-0.2, -0.15) is 5.10 Å². The molecule has 1 saturated carbocycles. The first kappa shape index (κ1) is 13.5. The summed E-state index contributed by atoms with van der Waals surface area (Å²) in [6, 6.07) is 0. The maximum absolute atomic E-state index is 12.5. The normalized spacial score (nSPS) is 19.7. The van der Waals surface area contributed by atoms with Crippen molar-refractivity contribution in [2.75, 3.05) is 18.4 Å². The zero-order chi connectivity index (χ0) is 14.2. The number of amides is 1. The second-order valence-electron chi connectivity index (χ2n) is 6.20. The third-order valence-corrected chi connectivity index (χ3v) is 4.98. The number of anilines is 1. The number of aromatic nitrogens is 2. The molecular weight excluding hydrogens is 252 g/mol. The number of nitrogens with one attached hydrogen (secondary N) is 2. The molecule has 20 heavy (non-hydrogen) atoms. The van der Waals surface area contributed by atoms with Crippen molar-refractivity contribution in [3.63, 3.8) is 0 Å². The largest absolute Gasteiger partial charge is 0.370 e. The molecule has 0 bridgehead atoms. The van der Waals surface area contributed by atoms with Crippen molar-refractivity contribution in [2.45, 2.75) is 52.5 Å². The molecule has 1 aromatic rings. The molecule has 5 heteroatoms. The zero-order valence-corrected chi connectivity index (χ0v) is 12.5. The SMILES string of the molecule is CCC1(CNC(=O)c2c(C)nn3c2NCCC3)CCC1. The smallest absolute Gasteiger partial charge is 0.256 e. The van der Waals surface area contributed by atoms with Gasteiger partial charge < -0.3 is 10.6 Å². The van der Waals surface area contributed by atoms with Crippen LogP contribution in [0.1, 0.15) is 55.1 Å². The van der Waals surface area contributed by atoms with Gasteiger partial charge in [0.05, 0.1) is 5.69 Å². The Labute approximate surface area is 120 Å². The van der Waals surface area contributed by atoms with Gasteiger partial charge in [-0.05, 0) is 38.0 Å². The highest BCUT2D eigenvalue weighted by Gasteiger charge is 2.35. The van der Waals surface area contributed by atoms with Crippen LogP contribution >= 0.6 is 0 Å². The summed E-state index contributed by atoms with van der Waals surface area (Å²) >= 11 is 0. The minimum absolute atomic E-state index is 0.0258. The highest BCUT2D eigenvalue weighted by molar-refractivity contribution is 6.00. The summed E-state index contributed by atoms with van der Waals surface area (Å²) in [5, 5.41) is 10.9. The van der Waals surface area contributed by atoms with Gasteiger partial charge in [0.2, 0.25) is 0 Å². The topological polar surface area (TPSA) is 59.0 Å². The molecule has 1 amide bonds. The van der Waals surface area contributed by atoms with E-state index in [2.05, 4.69) is 22.7 Å². The number of hydrogen-bond donors (Lipinski definition) is 2. The van der Waals surface area contributed by atoms with Crippen molar-refractivity contribution in [1.29, 1.82) is 0 Å². The van der Waals surface area contributed by atoms with E-state index in [1.165, 1.54) is 19.3 Å². The molecule has 0 aromatic carbocycles. The Kier molecular flexibility index (Phi) is 3.44. The number of fused-ring (bicyclic) bond motifs is 1. The summed E-state index contributed by atoms with van der Waals surface area (Å²) < 4.78 is 1.92. The van der Waals surface area contributed by atoms with Crippen LogP contribution in [0.4, 0.5) is 5.82 Å². The second kappa shape index (κ2) is 5.11. The fraction of sp³-hybridized carbons (Fsp3) is 0.733. The van der Waals surface area contributed by atoms with E-state index >= 15 is 0 Å². The maximum Gasteiger partial charge on any atom is 0.256 e. The van der Waals surface area contributed by atoms with Crippen LogP contribution in [0.15, 0.2) is 0 Å². The lowest BCUT2D eigenvalue weighted by Gasteiger charge is -2.41. The number of carbonyl (C=O) groups is 1. The number of aryl methyl sites for hydroxylation is 2. The molecule has 110 valence electrons. The zero-order valence-electron chi connectivity index (χ0n) is 12.5. The van der Waals surface area contributed by atoms with E-state index in [1.54, 1.807) is 0 Å². The molecule has 1 aromatic heterocycles. The molecule has 0 spiro atoms. The lowest BCUT2D eigenvalue weighted by Crippen LogP contribution is -2.42. The summed E-state index contributed by atoms with van der Waals surface area (Å²) in [6.45, 7) is 6.76. The number of rotatable bonds is 4. The van der Waals surface area contributed by atoms with E-state index in [1.807, 2.05) is 11.6 Å². The second-order valence-corrected chi connectivity index (χ2v) is 6.20. The fourth-order valence-corrected chi connectivity index (χ4v) is 3.32. The van der Waals surface area contributed by atoms with Gasteiger partial charge in [-0.3, -0.25) is 4.79 Å². The van der Waals surface area contributed by atoms with E-state index in [0.717, 1.165) is 49.6 Å². The lowest BCUT2D eigenvalue weighted by atomic mass is 9.67. The average Bonchev–Trinajstić information content (AvgIpc) is 2.73. The molecule has 2 heterocycles. The van der Waals surface area contributed by atoms with Crippen LogP contribution in [0.3, 0.4) is 0 Å². The third-order valence-electron chi connectivity index (χ3n) is 4.98. The Morgan fingerprint density at radius 2 is 2.25 bits per heavy atom. The molecule has 0 atom stereocenters. The Morgan fingerprint density at radius 1 is 1.45 bits per heavy atom. The monoisotopic (exact) mass is 276 g/mol. The van der Waals surface area contributed by atoms with E-state index in [-0.39, 0.29) is 5.91 Å². The van der Waals surface area contributed by atoms with Crippen LogP contribution in [-0.4, -0.2) is 28.8 Å². The molecule has 0 unspecified atom stereocenters. The number of carbonyl (C=O) groups excluding carboxylic acids is 1. The Hall–Kier alpha value is -1.52. The van der Waals surface area contributed by atoms with Crippen molar-refractivity contribution in [3.8, 4) is 0 Å². The third kappa shape index (κ3) is 2.19. The lowest BCUT2D eigenvalue weighted by molar-refractivity contribution is 0.0850. The maximum atomic E-state index is 12.5. The Balaban J connectivity index is 1.72. The number of hydrogen-bond acceptors (Lipinski definition) is 3. The molecule has 2 N–H and O–H groups in total. The van der Waals surface area contributed by atoms with Crippen molar-refractivity contribution < 1.29 is 4.79 Å². The predicted octanol–water partition coefficient (Wildman–Crippen LogP) is 2.32. The van der Waals surface area contributed by atoms with Gasteiger partial charge in [0.1, 0.15) is 11.4 Å². The van der Waals surface area contributed by atoms with Crippen LogP contribution in [0, 0.1) is 12.3 Å². The summed E-state index contributed by atoms with van der Waals surface area (Å²) in [4.78, 5) is 12.5. The van der Waals surface area contributed by atoms with E-state index in [4.69, 9.17) is 0 Å². The average molecular weight is 276 g/mol. The van der Waals surface area contributed by atoms with Crippen molar-refractivity contribution >= 4 is 11.7 Å². The van der Waals surface area contributed by atoms with Crippen LogP contribution < -0.4 is 10.6 Å². The van der Waals surface area contributed by atoms with Crippen LogP contribution in [-0.2, 0) is 6.54 Å². The summed E-state index contributed by atoms with van der Waals surface area (Å²) in [7, 11) is 0.